The molecular formula is C17H13Cl2FN2O3. The first-order chi connectivity index (χ1) is 11.8. The highest BCUT2D eigenvalue weighted by Gasteiger charge is 2.17. The molecule has 0 saturated carbocycles. The van der Waals surface area contributed by atoms with E-state index in [9.17, 15) is 14.0 Å². The summed E-state index contributed by atoms with van der Waals surface area (Å²) >= 11 is 11.4. The number of pyridine rings is 1. The largest absolute Gasteiger partial charge is 0.449 e. The normalized spacial score (nSPS) is 12.0. The first-order valence-corrected chi connectivity index (χ1v) is 7.87. The summed E-state index contributed by atoms with van der Waals surface area (Å²) in [5.41, 5.74) is 0.519. The second-order valence-electron chi connectivity index (χ2n) is 4.94. The fourth-order valence-corrected chi connectivity index (χ4v) is 2.03. The lowest BCUT2D eigenvalue weighted by Crippen LogP contribution is -2.29. The van der Waals surface area contributed by atoms with E-state index < -0.39 is 23.8 Å². The van der Waals surface area contributed by atoms with Gasteiger partial charge in [-0.1, -0.05) is 29.3 Å². The molecule has 0 unspecified atom stereocenters. The van der Waals surface area contributed by atoms with Gasteiger partial charge in [-0.3, -0.25) is 4.79 Å². The smallest absolute Gasteiger partial charge is 0.331 e. The van der Waals surface area contributed by atoms with Crippen LogP contribution in [0.2, 0.25) is 10.0 Å². The molecule has 0 radical (unpaired) electrons. The van der Waals surface area contributed by atoms with Crippen molar-refractivity contribution < 1.29 is 18.7 Å². The number of benzene rings is 1. The number of aromatic nitrogens is 1. The van der Waals surface area contributed by atoms with Gasteiger partial charge >= 0.3 is 5.97 Å². The molecule has 0 fully saturated rings. The summed E-state index contributed by atoms with van der Waals surface area (Å²) in [6, 6.07) is 7.09. The van der Waals surface area contributed by atoms with E-state index in [1.165, 1.54) is 43.5 Å². The van der Waals surface area contributed by atoms with Gasteiger partial charge in [0.25, 0.3) is 5.91 Å². The topological polar surface area (TPSA) is 68.3 Å². The number of nitrogens with one attached hydrogen (secondary N) is 1. The standard InChI is InChI=1S/C17H13Cl2FN2O3/c1-10(17(24)22-15-6-4-12(18)9-21-15)25-16(23)7-3-11-2-5-14(20)13(19)8-11/h2-10H,1H3,(H,21,22,24)/b7-3+/t10-/m1/s1. The van der Waals surface area contributed by atoms with Crippen LogP contribution < -0.4 is 5.32 Å². The molecule has 0 aliphatic carbocycles. The van der Waals surface area contributed by atoms with Gasteiger partial charge in [-0.25, -0.2) is 14.2 Å². The molecule has 1 aromatic carbocycles. The SMILES string of the molecule is C[C@@H](OC(=O)/C=C/c1ccc(F)c(Cl)c1)C(=O)Nc1ccc(Cl)cn1. The Balaban J connectivity index is 1.90. The van der Waals surface area contributed by atoms with Crippen molar-refractivity contribution in [2.24, 2.45) is 0 Å². The summed E-state index contributed by atoms with van der Waals surface area (Å²) in [5.74, 6) is -1.54. The lowest BCUT2D eigenvalue weighted by molar-refractivity contribution is -0.148. The minimum absolute atomic E-state index is 0.0567. The Morgan fingerprint density at radius 1 is 1.28 bits per heavy atom. The van der Waals surface area contributed by atoms with Gasteiger partial charge in [0.05, 0.1) is 10.0 Å². The monoisotopic (exact) mass is 382 g/mol. The first kappa shape index (κ1) is 18.9. The van der Waals surface area contributed by atoms with Gasteiger partial charge in [0.1, 0.15) is 11.6 Å². The van der Waals surface area contributed by atoms with E-state index in [-0.39, 0.29) is 10.8 Å². The van der Waals surface area contributed by atoms with Gasteiger partial charge in [0, 0.05) is 12.3 Å². The molecule has 25 heavy (non-hydrogen) atoms. The van der Waals surface area contributed by atoms with Crippen molar-refractivity contribution in [3.8, 4) is 0 Å². The number of hydrogen-bond acceptors (Lipinski definition) is 4. The number of amides is 1. The van der Waals surface area contributed by atoms with E-state index in [1.54, 1.807) is 6.07 Å². The highest BCUT2D eigenvalue weighted by molar-refractivity contribution is 6.31. The van der Waals surface area contributed by atoms with Crippen molar-refractivity contribution in [1.29, 1.82) is 0 Å². The molecule has 0 bridgehead atoms. The molecule has 1 aromatic heterocycles. The number of nitrogens with zero attached hydrogens (tertiary/aromatic N) is 1. The third-order valence-corrected chi connectivity index (χ3v) is 3.51. The number of carbonyl (C=O) groups is 2. The molecule has 1 amide bonds. The molecule has 0 aliphatic heterocycles. The van der Waals surface area contributed by atoms with Crippen molar-refractivity contribution in [3.05, 3.63) is 64.0 Å². The molecule has 0 spiro atoms. The summed E-state index contributed by atoms with van der Waals surface area (Å²) in [7, 11) is 0. The van der Waals surface area contributed by atoms with Gasteiger partial charge in [-0.15, -0.1) is 0 Å². The molecule has 0 saturated heterocycles. The maximum atomic E-state index is 13.1. The summed E-state index contributed by atoms with van der Waals surface area (Å²) < 4.78 is 18.0. The van der Waals surface area contributed by atoms with Crippen LogP contribution in [0.5, 0.6) is 0 Å². The number of rotatable bonds is 5. The maximum Gasteiger partial charge on any atom is 0.331 e. The maximum absolute atomic E-state index is 13.1. The molecule has 1 N–H and O–H groups in total. The predicted octanol–water partition coefficient (Wildman–Crippen LogP) is 4.11. The molecule has 1 atom stereocenters. The van der Waals surface area contributed by atoms with Crippen LogP contribution in [0.3, 0.4) is 0 Å². The fourth-order valence-electron chi connectivity index (χ4n) is 1.72. The van der Waals surface area contributed by atoms with Gasteiger partial charge < -0.3 is 10.1 Å². The van der Waals surface area contributed by atoms with Crippen LogP contribution in [0.4, 0.5) is 10.2 Å². The second-order valence-corrected chi connectivity index (χ2v) is 5.78. The third-order valence-electron chi connectivity index (χ3n) is 3.00. The Morgan fingerprint density at radius 3 is 2.68 bits per heavy atom. The minimum Gasteiger partial charge on any atom is -0.449 e. The molecule has 8 heteroatoms. The Bertz CT molecular complexity index is 810. The number of hydrogen-bond donors (Lipinski definition) is 1. The first-order valence-electron chi connectivity index (χ1n) is 7.11. The number of ether oxygens (including phenoxy) is 1. The number of carbonyl (C=O) groups excluding carboxylic acids is 2. The van der Waals surface area contributed by atoms with E-state index in [4.69, 9.17) is 27.9 Å². The number of halogens is 3. The summed E-state index contributed by atoms with van der Waals surface area (Å²) in [6.45, 7) is 1.42. The van der Waals surface area contributed by atoms with Crippen molar-refractivity contribution >= 4 is 47.0 Å². The quantitative estimate of drug-likeness (QED) is 0.623. The van der Waals surface area contributed by atoms with E-state index in [0.717, 1.165) is 6.08 Å². The Kier molecular flexibility index (Phi) is 6.50. The number of esters is 1. The zero-order valence-corrected chi connectivity index (χ0v) is 14.5. The number of anilines is 1. The summed E-state index contributed by atoms with van der Waals surface area (Å²) in [4.78, 5) is 27.6. The predicted molar refractivity (Wildman–Crippen MR) is 93.9 cm³/mol. The van der Waals surface area contributed by atoms with Crippen LogP contribution >= 0.6 is 23.2 Å². The average Bonchev–Trinajstić information content (AvgIpc) is 2.58. The van der Waals surface area contributed by atoms with Crippen LogP contribution in [0.15, 0.2) is 42.6 Å². The van der Waals surface area contributed by atoms with Gasteiger partial charge in [-0.2, -0.15) is 0 Å². The van der Waals surface area contributed by atoms with Crippen molar-refractivity contribution in [3.63, 3.8) is 0 Å². The Labute approximate surface area is 153 Å². The lowest BCUT2D eigenvalue weighted by atomic mass is 10.2. The fraction of sp³-hybridized carbons (Fsp3) is 0.118. The molecule has 0 aliphatic rings. The average molecular weight is 383 g/mol. The van der Waals surface area contributed by atoms with Crippen molar-refractivity contribution in [2.75, 3.05) is 5.32 Å². The molecule has 2 aromatic rings. The van der Waals surface area contributed by atoms with E-state index in [0.29, 0.717) is 10.6 Å². The summed E-state index contributed by atoms with van der Waals surface area (Å²) in [5, 5.41) is 2.87. The van der Waals surface area contributed by atoms with Gasteiger partial charge in [0.15, 0.2) is 6.10 Å². The Morgan fingerprint density at radius 2 is 2.04 bits per heavy atom. The van der Waals surface area contributed by atoms with Gasteiger partial charge in [0.2, 0.25) is 0 Å². The van der Waals surface area contributed by atoms with Crippen molar-refractivity contribution in [1.82, 2.24) is 4.98 Å². The molecular weight excluding hydrogens is 370 g/mol. The van der Waals surface area contributed by atoms with Crippen LogP contribution in [-0.2, 0) is 14.3 Å². The second kappa shape index (κ2) is 8.60. The van der Waals surface area contributed by atoms with Gasteiger partial charge in [-0.05, 0) is 42.8 Å². The van der Waals surface area contributed by atoms with Crippen LogP contribution in [0.25, 0.3) is 6.08 Å². The molecule has 5 nitrogen and oxygen atoms in total. The lowest BCUT2D eigenvalue weighted by Gasteiger charge is -2.11. The highest BCUT2D eigenvalue weighted by Crippen LogP contribution is 2.17. The third kappa shape index (κ3) is 5.85. The highest BCUT2D eigenvalue weighted by atomic mass is 35.5. The van der Waals surface area contributed by atoms with E-state index in [2.05, 4.69) is 10.3 Å². The van der Waals surface area contributed by atoms with E-state index in [1.807, 2.05) is 0 Å². The van der Waals surface area contributed by atoms with Crippen LogP contribution in [0.1, 0.15) is 12.5 Å². The zero-order valence-electron chi connectivity index (χ0n) is 13.0. The van der Waals surface area contributed by atoms with Crippen LogP contribution in [0, 0.1) is 5.82 Å². The zero-order chi connectivity index (χ0) is 18.4. The van der Waals surface area contributed by atoms with Crippen molar-refractivity contribution in [2.45, 2.75) is 13.0 Å². The summed E-state index contributed by atoms with van der Waals surface area (Å²) in [6.07, 6.45) is 2.86. The van der Waals surface area contributed by atoms with Crippen LogP contribution in [-0.4, -0.2) is 23.0 Å². The molecule has 1 heterocycles. The Hall–Kier alpha value is -2.44. The van der Waals surface area contributed by atoms with E-state index >= 15 is 0 Å². The molecule has 2 rings (SSSR count). The molecule has 130 valence electrons. The minimum atomic E-state index is -1.04.